The lowest BCUT2D eigenvalue weighted by Crippen LogP contribution is -2.31. The maximum atomic E-state index is 5.22. The van der Waals surface area contributed by atoms with Gasteiger partial charge in [-0.15, -0.1) is 0 Å². The minimum Gasteiger partial charge on any atom is -0.392 e. The van der Waals surface area contributed by atoms with Crippen LogP contribution >= 0.6 is 0 Å². The van der Waals surface area contributed by atoms with Gasteiger partial charge in [0.1, 0.15) is 12.3 Å². The molecule has 2 aromatic carbocycles. The molecule has 0 bridgehead atoms. The van der Waals surface area contributed by atoms with Crippen LogP contribution in [-0.2, 0) is 16.7 Å². The van der Waals surface area contributed by atoms with E-state index in [2.05, 4.69) is 89.2 Å². The molecule has 0 N–H and O–H groups in total. The summed E-state index contributed by atoms with van der Waals surface area (Å²) in [6, 6.07) is 22.0. The Balaban J connectivity index is 1.62. The van der Waals surface area contributed by atoms with Gasteiger partial charge in [-0.25, -0.2) is 0 Å². The zero-order chi connectivity index (χ0) is 20.4. The summed E-state index contributed by atoms with van der Waals surface area (Å²) in [5.74, 6) is 0. The smallest absolute Gasteiger partial charge is 0.135 e. The lowest BCUT2D eigenvalue weighted by Gasteiger charge is -2.35. The lowest BCUT2D eigenvalue weighted by molar-refractivity contribution is 0.176. The van der Waals surface area contributed by atoms with Crippen molar-refractivity contribution in [1.29, 1.82) is 0 Å². The van der Waals surface area contributed by atoms with Crippen molar-refractivity contribution >= 4 is 12.3 Å². The molecule has 0 unspecified atom stereocenters. The molecule has 1 heterocycles. The topological polar surface area (TPSA) is 39.4 Å². The van der Waals surface area contributed by atoms with Crippen LogP contribution in [0.1, 0.15) is 47.0 Å². The van der Waals surface area contributed by atoms with Crippen LogP contribution in [0.15, 0.2) is 84.6 Å². The van der Waals surface area contributed by atoms with E-state index < -0.39 is 0 Å². The number of aromatic nitrogens is 2. The van der Waals surface area contributed by atoms with Gasteiger partial charge < -0.3 is 4.84 Å². The van der Waals surface area contributed by atoms with Gasteiger partial charge in [0.15, 0.2) is 0 Å². The second kappa shape index (κ2) is 7.79. The van der Waals surface area contributed by atoms with Crippen molar-refractivity contribution < 1.29 is 4.84 Å². The Bertz CT molecular complexity index is 1050. The van der Waals surface area contributed by atoms with Crippen molar-refractivity contribution in [3.05, 3.63) is 107 Å². The van der Waals surface area contributed by atoms with E-state index in [9.17, 15) is 0 Å². The number of oxime groups is 1. The second-order valence-electron chi connectivity index (χ2n) is 7.95. The molecular formula is C26H25N3O. The van der Waals surface area contributed by atoms with Crippen molar-refractivity contribution in [2.45, 2.75) is 30.7 Å². The van der Waals surface area contributed by atoms with Gasteiger partial charge in [0.25, 0.3) is 0 Å². The number of fused-ring (bicyclic) bond motifs is 1. The Morgan fingerprint density at radius 2 is 1.73 bits per heavy atom. The first-order valence-electron chi connectivity index (χ1n) is 10.5. The summed E-state index contributed by atoms with van der Waals surface area (Å²) in [6.07, 6.45) is 11.2. The van der Waals surface area contributed by atoms with Gasteiger partial charge in [0.05, 0.1) is 12.3 Å². The molecule has 1 saturated carbocycles. The maximum Gasteiger partial charge on any atom is 0.135 e. The van der Waals surface area contributed by atoms with Crippen LogP contribution < -0.4 is 0 Å². The van der Waals surface area contributed by atoms with Crippen molar-refractivity contribution in [3.8, 4) is 0 Å². The molecule has 0 aliphatic heterocycles. The number of benzene rings is 2. The summed E-state index contributed by atoms with van der Waals surface area (Å²) in [4.78, 5) is 5.22. The van der Waals surface area contributed by atoms with Gasteiger partial charge in [-0.3, -0.25) is 4.68 Å². The average molecular weight is 396 g/mol. The number of hydrogen-bond donors (Lipinski definition) is 0. The van der Waals surface area contributed by atoms with Gasteiger partial charge in [-0.2, -0.15) is 5.10 Å². The van der Waals surface area contributed by atoms with Crippen molar-refractivity contribution in [3.63, 3.8) is 0 Å². The summed E-state index contributed by atoms with van der Waals surface area (Å²) in [5, 5.41) is 8.99. The van der Waals surface area contributed by atoms with Gasteiger partial charge in [0, 0.05) is 23.1 Å². The van der Waals surface area contributed by atoms with E-state index in [4.69, 9.17) is 9.94 Å². The minimum atomic E-state index is -0.212. The van der Waals surface area contributed by atoms with Crippen LogP contribution in [0, 0.1) is 0 Å². The zero-order valence-electron chi connectivity index (χ0n) is 16.9. The van der Waals surface area contributed by atoms with E-state index in [1.165, 1.54) is 29.7 Å². The van der Waals surface area contributed by atoms with Crippen molar-refractivity contribution in [2.24, 2.45) is 5.16 Å². The molecule has 2 aliphatic rings. The highest BCUT2D eigenvalue weighted by atomic mass is 16.6. The largest absolute Gasteiger partial charge is 0.392 e. The number of hydrogen-bond acceptors (Lipinski definition) is 3. The molecule has 5 rings (SSSR count). The standard InChI is InChI=1S/C26H25N3O/c1-2-17-30-27-19-24-23-15-16-26(20-9-5-3-6-10-20,21-11-7-4-8-12-21)18-25(23)29(28-24)22-13-14-22/h2-12,15-16,19,22H,1,13-14,17-18H2/b27-19+. The van der Waals surface area contributed by atoms with E-state index >= 15 is 0 Å². The van der Waals surface area contributed by atoms with Crippen LogP contribution in [-0.4, -0.2) is 22.6 Å². The van der Waals surface area contributed by atoms with E-state index in [1.54, 1.807) is 12.3 Å². The highest BCUT2D eigenvalue weighted by Crippen LogP contribution is 2.45. The third-order valence-corrected chi connectivity index (χ3v) is 5.97. The number of allylic oxidation sites excluding steroid dienone is 1. The molecule has 150 valence electrons. The number of nitrogens with zero attached hydrogens (tertiary/aromatic N) is 3. The Kier molecular flexibility index (Phi) is 4.83. The summed E-state index contributed by atoms with van der Waals surface area (Å²) >= 11 is 0. The van der Waals surface area contributed by atoms with Crippen molar-refractivity contribution in [1.82, 2.24) is 9.78 Å². The Morgan fingerprint density at radius 1 is 1.07 bits per heavy atom. The SMILES string of the molecule is C=CCO/N=C/c1nn(C2CC2)c2c1C=CC(c1ccccc1)(c1ccccc1)C2. The molecule has 1 aromatic heterocycles. The Hall–Kier alpha value is -3.40. The highest BCUT2D eigenvalue weighted by Gasteiger charge is 2.39. The van der Waals surface area contributed by atoms with Crippen molar-refractivity contribution in [2.75, 3.05) is 6.61 Å². The van der Waals surface area contributed by atoms with Crippen LogP contribution in [0.5, 0.6) is 0 Å². The van der Waals surface area contributed by atoms with Crippen LogP contribution in [0.2, 0.25) is 0 Å². The first-order valence-corrected chi connectivity index (χ1v) is 10.5. The van der Waals surface area contributed by atoms with Crippen LogP contribution in [0.25, 0.3) is 6.08 Å². The number of rotatable bonds is 7. The first kappa shape index (κ1) is 18.6. The average Bonchev–Trinajstić information content (AvgIpc) is 3.59. The predicted octanol–water partition coefficient (Wildman–Crippen LogP) is 5.31. The molecule has 2 aliphatic carbocycles. The van der Waals surface area contributed by atoms with E-state index in [0.29, 0.717) is 12.6 Å². The summed E-state index contributed by atoms with van der Waals surface area (Å²) < 4.78 is 2.23. The molecule has 0 amide bonds. The fraction of sp³-hybridized carbons (Fsp3) is 0.231. The zero-order valence-corrected chi connectivity index (χ0v) is 16.9. The fourth-order valence-electron chi connectivity index (χ4n) is 4.34. The van der Waals surface area contributed by atoms with Crippen LogP contribution in [0.4, 0.5) is 0 Å². The molecule has 3 aromatic rings. The molecule has 4 nitrogen and oxygen atoms in total. The highest BCUT2D eigenvalue weighted by molar-refractivity contribution is 5.84. The maximum absolute atomic E-state index is 5.22. The Morgan fingerprint density at radius 3 is 2.33 bits per heavy atom. The quantitative estimate of drug-likeness (QED) is 0.235. The molecule has 0 radical (unpaired) electrons. The molecule has 4 heteroatoms. The molecule has 30 heavy (non-hydrogen) atoms. The van der Waals surface area contributed by atoms with Gasteiger partial charge in [-0.05, 0) is 24.0 Å². The first-order chi connectivity index (χ1) is 14.8. The summed E-state index contributed by atoms with van der Waals surface area (Å²) in [7, 11) is 0. The van der Waals surface area contributed by atoms with Gasteiger partial charge in [-0.1, -0.05) is 90.6 Å². The van der Waals surface area contributed by atoms with E-state index in [1.807, 2.05) is 0 Å². The van der Waals surface area contributed by atoms with Crippen LogP contribution in [0.3, 0.4) is 0 Å². The third kappa shape index (κ3) is 3.28. The third-order valence-electron chi connectivity index (χ3n) is 5.97. The summed E-state index contributed by atoms with van der Waals surface area (Å²) in [6.45, 7) is 4.05. The van der Waals surface area contributed by atoms with E-state index in [-0.39, 0.29) is 5.41 Å². The van der Waals surface area contributed by atoms with Gasteiger partial charge >= 0.3 is 0 Å². The molecule has 0 atom stereocenters. The van der Waals surface area contributed by atoms with Gasteiger partial charge in [0.2, 0.25) is 0 Å². The predicted molar refractivity (Wildman–Crippen MR) is 121 cm³/mol. The molecule has 1 fully saturated rings. The minimum absolute atomic E-state index is 0.212. The monoisotopic (exact) mass is 395 g/mol. The van der Waals surface area contributed by atoms with E-state index in [0.717, 1.165) is 17.7 Å². The molecular weight excluding hydrogens is 370 g/mol. The second-order valence-corrected chi connectivity index (χ2v) is 7.95. The fourth-order valence-corrected chi connectivity index (χ4v) is 4.34. The Labute approximate surface area is 177 Å². The molecule has 0 spiro atoms. The lowest BCUT2D eigenvalue weighted by atomic mass is 9.68. The normalized spacial score (nSPS) is 17.1. The molecule has 0 saturated heterocycles. The summed E-state index contributed by atoms with van der Waals surface area (Å²) in [5.41, 5.74) is 5.67.